The van der Waals surface area contributed by atoms with Crippen LogP contribution in [0.25, 0.3) is 0 Å². The van der Waals surface area contributed by atoms with Gasteiger partial charge in [-0.15, -0.1) is 0 Å². The number of likely N-dealkylation sites (tertiary alicyclic amines) is 1. The van der Waals surface area contributed by atoms with Crippen molar-refractivity contribution in [3.8, 4) is 0 Å². The maximum absolute atomic E-state index is 12.2. The molecule has 2 aliphatic rings. The van der Waals surface area contributed by atoms with Gasteiger partial charge in [0.05, 0.1) is 6.54 Å². The van der Waals surface area contributed by atoms with Gasteiger partial charge in [0, 0.05) is 25.7 Å². The van der Waals surface area contributed by atoms with Gasteiger partial charge in [0.15, 0.2) is 0 Å². The molecule has 3 rings (SSSR count). The van der Waals surface area contributed by atoms with Crippen molar-refractivity contribution in [1.29, 1.82) is 0 Å². The number of nitrogens with one attached hydrogen (secondary N) is 1. The van der Waals surface area contributed by atoms with Crippen molar-refractivity contribution in [2.24, 2.45) is 11.8 Å². The van der Waals surface area contributed by atoms with Crippen LogP contribution in [0.2, 0.25) is 0 Å². The quantitative estimate of drug-likeness (QED) is 0.866. The van der Waals surface area contributed by atoms with Crippen molar-refractivity contribution >= 4 is 5.91 Å². The molecule has 1 aliphatic heterocycles. The molecule has 2 atom stereocenters. The Kier molecular flexibility index (Phi) is 4.79. The molecule has 2 unspecified atom stereocenters. The maximum Gasteiger partial charge on any atom is 0.234 e. The summed E-state index contributed by atoms with van der Waals surface area (Å²) in [6, 6.07) is 10.7. The van der Waals surface area contributed by atoms with Crippen molar-refractivity contribution in [1.82, 2.24) is 15.1 Å². The average Bonchev–Trinajstić information content (AvgIpc) is 3.27. The van der Waals surface area contributed by atoms with Crippen LogP contribution < -0.4 is 5.32 Å². The molecular formula is C18H27N3O. The number of carbonyl (C=O) groups excluding carboxylic acids is 1. The minimum atomic E-state index is 0.137. The van der Waals surface area contributed by atoms with Crippen LogP contribution in [0.4, 0.5) is 0 Å². The zero-order valence-electron chi connectivity index (χ0n) is 13.7. The minimum absolute atomic E-state index is 0.137. The van der Waals surface area contributed by atoms with Crippen LogP contribution in [0.15, 0.2) is 30.3 Å². The van der Waals surface area contributed by atoms with Crippen molar-refractivity contribution in [3.05, 3.63) is 35.9 Å². The molecule has 1 aliphatic carbocycles. The van der Waals surface area contributed by atoms with E-state index in [2.05, 4.69) is 29.2 Å². The highest BCUT2D eigenvalue weighted by Gasteiger charge is 2.43. The second-order valence-corrected chi connectivity index (χ2v) is 6.99. The third-order valence-corrected chi connectivity index (χ3v) is 5.00. The summed E-state index contributed by atoms with van der Waals surface area (Å²) in [6.45, 7) is 3.25. The second kappa shape index (κ2) is 6.80. The van der Waals surface area contributed by atoms with Crippen molar-refractivity contribution in [3.63, 3.8) is 0 Å². The Labute approximate surface area is 133 Å². The van der Waals surface area contributed by atoms with Crippen LogP contribution in [0, 0.1) is 11.8 Å². The summed E-state index contributed by atoms with van der Waals surface area (Å²) in [6.07, 6.45) is 2.76. The molecule has 0 bridgehead atoms. The molecular weight excluding hydrogens is 274 g/mol. The van der Waals surface area contributed by atoms with E-state index < -0.39 is 0 Å². The summed E-state index contributed by atoms with van der Waals surface area (Å²) in [4.78, 5) is 16.8. The molecule has 1 N–H and O–H groups in total. The van der Waals surface area contributed by atoms with Crippen LogP contribution in [-0.2, 0) is 11.3 Å². The van der Waals surface area contributed by atoms with E-state index in [0.29, 0.717) is 19.1 Å². The normalized spacial score (nSPS) is 25.6. The van der Waals surface area contributed by atoms with E-state index >= 15 is 0 Å². The molecule has 1 aromatic rings. The van der Waals surface area contributed by atoms with E-state index in [1.54, 1.807) is 0 Å². The lowest BCUT2D eigenvalue weighted by Gasteiger charge is -2.24. The molecule has 0 radical (unpaired) electrons. The summed E-state index contributed by atoms with van der Waals surface area (Å²) in [5, 5.41) is 3.04. The fourth-order valence-electron chi connectivity index (χ4n) is 3.61. The predicted molar refractivity (Wildman–Crippen MR) is 88.4 cm³/mol. The van der Waals surface area contributed by atoms with Gasteiger partial charge in [-0.1, -0.05) is 30.3 Å². The number of amides is 1. The van der Waals surface area contributed by atoms with Gasteiger partial charge in [-0.25, -0.2) is 0 Å². The van der Waals surface area contributed by atoms with E-state index in [9.17, 15) is 4.79 Å². The van der Waals surface area contributed by atoms with E-state index in [0.717, 1.165) is 30.5 Å². The molecule has 1 saturated heterocycles. The third kappa shape index (κ3) is 3.87. The Hall–Kier alpha value is -1.39. The standard InChI is InChI=1S/C18H27N3O/c1-20(2)17-12-21(11-16(17)15-8-9-15)13-18(22)19-10-14-6-4-3-5-7-14/h3-7,15-17H,8-13H2,1-2H3,(H,19,22). The smallest absolute Gasteiger partial charge is 0.234 e. The summed E-state index contributed by atoms with van der Waals surface area (Å²) in [5.74, 6) is 1.78. The van der Waals surface area contributed by atoms with Crippen molar-refractivity contribution in [2.75, 3.05) is 33.7 Å². The number of benzene rings is 1. The summed E-state index contributed by atoms with van der Waals surface area (Å²) in [5.41, 5.74) is 1.15. The number of carbonyl (C=O) groups is 1. The van der Waals surface area contributed by atoms with E-state index in [1.165, 1.54) is 12.8 Å². The van der Waals surface area contributed by atoms with E-state index in [4.69, 9.17) is 0 Å². The van der Waals surface area contributed by atoms with Crippen LogP contribution in [0.3, 0.4) is 0 Å². The molecule has 0 spiro atoms. The fraction of sp³-hybridized carbons (Fsp3) is 0.611. The largest absolute Gasteiger partial charge is 0.351 e. The first kappa shape index (κ1) is 15.5. The zero-order chi connectivity index (χ0) is 15.5. The third-order valence-electron chi connectivity index (χ3n) is 5.00. The lowest BCUT2D eigenvalue weighted by Crippen LogP contribution is -2.38. The first-order chi connectivity index (χ1) is 10.6. The lowest BCUT2D eigenvalue weighted by atomic mass is 9.97. The molecule has 0 aromatic heterocycles. The highest BCUT2D eigenvalue weighted by Crippen LogP contribution is 2.42. The van der Waals surface area contributed by atoms with Gasteiger partial charge in [0.25, 0.3) is 0 Å². The predicted octanol–water partition coefficient (Wildman–Crippen LogP) is 1.57. The summed E-state index contributed by atoms with van der Waals surface area (Å²) < 4.78 is 0. The highest BCUT2D eigenvalue weighted by molar-refractivity contribution is 5.78. The SMILES string of the molecule is CN(C)C1CN(CC(=O)NCc2ccccc2)CC1C1CC1. The molecule has 2 fully saturated rings. The first-order valence-corrected chi connectivity index (χ1v) is 8.33. The van der Waals surface area contributed by atoms with E-state index in [1.807, 2.05) is 30.3 Å². The van der Waals surface area contributed by atoms with Gasteiger partial charge in [0.1, 0.15) is 0 Å². The number of rotatable bonds is 6. The van der Waals surface area contributed by atoms with Gasteiger partial charge in [0.2, 0.25) is 5.91 Å². The Balaban J connectivity index is 1.47. The van der Waals surface area contributed by atoms with Crippen LogP contribution >= 0.6 is 0 Å². The van der Waals surface area contributed by atoms with Crippen molar-refractivity contribution in [2.45, 2.75) is 25.4 Å². The monoisotopic (exact) mass is 301 g/mol. The molecule has 1 aromatic carbocycles. The molecule has 1 amide bonds. The van der Waals surface area contributed by atoms with Crippen molar-refractivity contribution < 1.29 is 4.79 Å². The summed E-state index contributed by atoms with van der Waals surface area (Å²) >= 11 is 0. The van der Waals surface area contributed by atoms with Gasteiger partial charge in [-0.05, 0) is 44.3 Å². The zero-order valence-corrected chi connectivity index (χ0v) is 13.7. The van der Waals surface area contributed by atoms with Gasteiger partial charge < -0.3 is 10.2 Å². The topological polar surface area (TPSA) is 35.6 Å². The molecule has 1 heterocycles. The molecule has 22 heavy (non-hydrogen) atoms. The van der Waals surface area contributed by atoms with Gasteiger partial charge >= 0.3 is 0 Å². The Morgan fingerprint density at radius 1 is 1.23 bits per heavy atom. The van der Waals surface area contributed by atoms with Crippen LogP contribution in [0.1, 0.15) is 18.4 Å². The van der Waals surface area contributed by atoms with Crippen LogP contribution in [-0.4, -0.2) is 55.5 Å². The Bertz CT molecular complexity index is 488. The fourth-order valence-corrected chi connectivity index (χ4v) is 3.61. The van der Waals surface area contributed by atoms with Gasteiger partial charge in [-0.2, -0.15) is 0 Å². The second-order valence-electron chi connectivity index (χ2n) is 6.99. The Morgan fingerprint density at radius 2 is 1.95 bits per heavy atom. The number of nitrogens with zero attached hydrogens (tertiary/aromatic N) is 2. The highest BCUT2D eigenvalue weighted by atomic mass is 16.2. The molecule has 120 valence electrons. The maximum atomic E-state index is 12.2. The number of hydrogen-bond donors (Lipinski definition) is 1. The first-order valence-electron chi connectivity index (χ1n) is 8.33. The molecule has 4 nitrogen and oxygen atoms in total. The average molecular weight is 301 g/mol. The number of likely N-dealkylation sites (N-methyl/N-ethyl adjacent to an activating group) is 1. The lowest BCUT2D eigenvalue weighted by molar-refractivity contribution is -0.122. The minimum Gasteiger partial charge on any atom is -0.351 e. The summed E-state index contributed by atoms with van der Waals surface area (Å²) in [7, 11) is 4.33. The molecule has 1 saturated carbocycles. The molecule has 4 heteroatoms. The number of hydrogen-bond acceptors (Lipinski definition) is 3. The van der Waals surface area contributed by atoms with Crippen LogP contribution in [0.5, 0.6) is 0 Å². The van der Waals surface area contributed by atoms with Gasteiger partial charge in [-0.3, -0.25) is 9.69 Å². The Morgan fingerprint density at radius 3 is 2.59 bits per heavy atom. The van der Waals surface area contributed by atoms with E-state index in [-0.39, 0.29) is 5.91 Å².